The first-order chi connectivity index (χ1) is 11.0. The third-order valence-electron chi connectivity index (χ3n) is 3.47. The van der Waals surface area contributed by atoms with Gasteiger partial charge in [0.05, 0.1) is 0 Å². The van der Waals surface area contributed by atoms with Crippen LogP contribution in [-0.2, 0) is 9.59 Å². The molecule has 1 aromatic rings. The zero-order chi connectivity index (χ0) is 17.0. The zero-order valence-electron chi connectivity index (χ0n) is 13.0. The van der Waals surface area contributed by atoms with E-state index in [1.54, 1.807) is 38.1 Å². The molecule has 23 heavy (non-hydrogen) atoms. The molecule has 4 nitrogen and oxygen atoms in total. The SMILES string of the molecule is CCN1C(=O)C(=CC=Cc2ccc(F)cc2)C(=O)N(CC)C1=S. The van der Waals surface area contributed by atoms with Crippen LogP contribution >= 0.6 is 12.2 Å². The summed E-state index contributed by atoms with van der Waals surface area (Å²) >= 11 is 5.18. The standard InChI is InChI=1S/C17H17FN2O2S/c1-3-19-15(21)14(16(22)20(4-2)17(19)23)7-5-6-12-8-10-13(18)11-9-12/h5-11H,3-4H2,1-2H3. The quantitative estimate of drug-likeness (QED) is 0.484. The summed E-state index contributed by atoms with van der Waals surface area (Å²) in [5, 5.41) is 0.240. The molecular formula is C17H17FN2O2S. The van der Waals surface area contributed by atoms with Crippen molar-refractivity contribution in [3.63, 3.8) is 0 Å². The summed E-state index contributed by atoms with van der Waals surface area (Å²) < 4.78 is 12.9. The Bertz CT molecular complexity index is 667. The summed E-state index contributed by atoms with van der Waals surface area (Å²) in [5.74, 6) is -1.10. The zero-order valence-corrected chi connectivity index (χ0v) is 13.8. The number of hydrogen-bond acceptors (Lipinski definition) is 3. The van der Waals surface area contributed by atoms with Gasteiger partial charge in [-0.05, 0) is 49.8 Å². The van der Waals surface area contributed by atoms with Crippen molar-refractivity contribution >= 4 is 35.2 Å². The highest BCUT2D eigenvalue weighted by molar-refractivity contribution is 7.80. The van der Waals surface area contributed by atoms with Crippen LogP contribution in [-0.4, -0.2) is 39.8 Å². The fourth-order valence-corrected chi connectivity index (χ4v) is 2.66. The molecule has 1 aromatic carbocycles. The molecule has 1 aliphatic rings. The molecule has 2 amide bonds. The highest BCUT2D eigenvalue weighted by Gasteiger charge is 2.37. The highest BCUT2D eigenvalue weighted by atomic mass is 32.1. The van der Waals surface area contributed by atoms with E-state index in [2.05, 4.69) is 0 Å². The molecule has 1 saturated heterocycles. The van der Waals surface area contributed by atoms with E-state index in [-0.39, 0.29) is 16.5 Å². The third kappa shape index (κ3) is 3.53. The monoisotopic (exact) mass is 332 g/mol. The van der Waals surface area contributed by atoms with Gasteiger partial charge in [-0.25, -0.2) is 4.39 Å². The van der Waals surface area contributed by atoms with Gasteiger partial charge in [0.2, 0.25) is 0 Å². The van der Waals surface area contributed by atoms with Gasteiger partial charge in [0, 0.05) is 13.1 Å². The first kappa shape index (κ1) is 17.0. The van der Waals surface area contributed by atoms with Gasteiger partial charge in [0.25, 0.3) is 11.8 Å². The van der Waals surface area contributed by atoms with E-state index in [0.717, 1.165) is 5.56 Å². The topological polar surface area (TPSA) is 40.6 Å². The van der Waals surface area contributed by atoms with Crippen LogP contribution in [0.5, 0.6) is 0 Å². The van der Waals surface area contributed by atoms with E-state index in [4.69, 9.17) is 12.2 Å². The maximum atomic E-state index is 12.9. The van der Waals surface area contributed by atoms with Crippen molar-refractivity contribution in [1.82, 2.24) is 9.80 Å². The molecule has 0 atom stereocenters. The minimum absolute atomic E-state index is 0.0701. The van der Waals surface area contributed by atoms with Gasteiger partial charge in [-0.2, -0.15) is 0 Å². The number of carbonyl (C=O) groups excluding carboxylic acids is 2. The van der Waals surface area contributed by atoms with E-state index in [1.807, 2.05) is 0 Å². The van der Waals surface area contributed by atoms with Crippen LogP contribution < -0.4 is 0 Å². The number of likely N-dealkylation sites (N-methyl/N-ethyl adjacent to an activating group) is 2. The number of rotatable bonds is 4. The average Bonchev–Trinajstić information content (AvgIpc) is 2.53. The Balaban J connectivity index is 2.28. The number of nitrogens with zero attached hydrogens (tertiary/aromatic N) is 2. The van der Waals surface area contributed by atoms with E-state index >= 15 is 0 Å². The van der Waals surface area contributed by atoms with Crippen molar-refractivity contribution in [1.29, 1.82) is 0 Å². The van der Waals surface area contributed by atoms with Gasteiger partial charge in [-0.15, -0.1) is 0 Å². The van der Waals surface area contributed by atoms with E-state index < -0.39 is 11.8 Å². The fourth-order valence-electron chi connectivity index (χ4n) is 2.23. The summed E-state index contributed by atoms with van der Waals surface area (Å²) in [6.07, 6.45) is 4.78. The first-order valence-electron chi connectivity index (χ1n) is 7.31. The van der Waals surface area contributed by atoms with E-state index in [9.17, 15) is 14.0 Å². The molecule has 120 valence electrons. The molecular weight excluding hydrogens is 315 g/mol. The van der Waals surface area contributed by atoms with Crippen LogP contribution in [0.1, 0.15) is 19.4 Å². The Morgan fingerprint density at radius 1 is 1.04 bits per heavy atom. The number of carbonyl (C=O) groups is 2. The number of hydrogen-bond donors (Lipinski definition) is 0. The van der Waals surface area contributed by atoms with Crippen LogP contribution in [0, 0.1) is 5.82 Å². The lowest BCUT2D eigenvalue weighted by Gasteiger charge is -2.35. The largest absolute Gasteiger partial charge is 0.285 e. The minimum atomic E-state index is -0.393. The molecule has 2 rings (SSSR count). The second-order valence-electron chi connectivity index (χ2n) is 4.87. The average molecular weight is 332 g/mol. The smallest absolute Gasteiger partial charge is 0.265 e. The van der Waals surface area contributed by atoms with Crippen LogP contribution in [0.2, 0.25) is 0 Å². The molecule has 6 heteroatoms. The van der Waals surface area contributed by atoms with Crippen molar-refractivity contribution in [2.24, 2.45) is 0 Å². The van der Waals surface area contributed by atoms with Gasteiger partial charge < -0.3 is 0 Å². The van der Waals surface area contributed by atoms with Gasteiger partial charge in [0.1, 0.15) is 11.4 Å². The minimum Gasteiger partial charge on any atom is -0.285 e. The number of thiocarbonyl (C=S) groups is 1. The van der Waals surface area contributed by atoms with Gasteiger partial charge in [-0.1, -0.05) is 24.3 Å². The second kappa shape index (κ2) is 7.28. The van der Waals surface area contributed by atoms with Crippen molar-refractivity contribution in [3.05, 3.63) is 53.4 Å². The molecule has 0 unspecified atom stereocenters. The molecule has 1 heterocycles. The predicted molar refractivity (Wildman–Crippen MR) is 90.9 cm³/mol. The second-order valence-corrected chi connectivity index (χ2v) is 5.24. The Hall–Kier alpha value is -2.34. The Morgan fingerprint density at radius 3 is 2.04 bits per heavy atom. The highest BCUT2D eigenvalue weighted by Crippen LogP contribution is 2.17. The van der Waals surface area contributed by atoms with Crippen LogP contribution in [0.25, 0.3) is 6.08 Å². The Kier molecular flexibility index (Phi) is 5.39. The molecule has 0 bridgehead atoms. The van der Waals surface area contributed by atoms with E-state index in [1.165, 1.54) is 28.0 Å². The normalized spacial score (nSPS) is 15.8. The summed E-state index contributed by atoms with van der Waals surface area (Å²) in [6, 6.07) is 5.92. The summed E-state index contributed by atoms with van der Waals surface area (Å²) in [4.78, 5) is 27.5. The molecule has 0 aliphatic carbocycles. The maximum Gasteiger partial charge on any atom is 0.265 e. The summed E-state index contributed by atoms with van der Waals surface area (Å²) in [5.41, 5.74) is 0.842. The van der Waals surface area contributed by atoms with Crippen molar-refractivity contribution in [2.75, 3.05) is 13.1 Å². The fraction of sp³-hybridized carbons (Fsp3) is 0.235. The van der Waals surface area contributed by atoms with Crippen molar-refractivity contribution in [2.45, 2.75) is 13.8 Å². The summed E-state index contributed by atoms with van der Waals surface area (Å²) in [6.45, 7) is 4.42. The van der Waals surface area contributed by atoms with Gasteiger partial charge in [0.15, 0.2) is 5.11 Å². The first-order valence-corrected chi connectivity index (χ1v) is 7.72. The molecule has 0 radical (unpaired) electrons. The molecule has 1 aliphatic heterocycles. The number of halogens is 1. The molecule has 0 N–H and O–H groups in total. The maximum absolute atomic E-state index is 12.9. The molecule has 0 saturated carbocycles. The lowest BCUT2D eigenvalue weighted by molar-refractivity contribution is -0.133. The molecule has 0 aromatic heterocycles. The van der Waals surface area contributed by atoms with E-state index in [0.29, 0.717) is 13.1 Å². The molecule has 1 fully saturated rings. The lowest BCUT2D eigenvalue weighted by atomic mass is 10.1. The van der Waals surface area contributed by atoms with Crippen molar-refractivity contribution in [3.8, 4) is 0 Å². The predicted octanol–water partition coefficient (Wildman–Crippen LogP) is 2.76. The number of amides is 2. The van der Waals surface area contributed by atoms with Crippen molar-refractivity contribution < 1.29 is 14.0 Å². The van der Waals surface area contributed by atoms with Gasteiger partial charge in [-0.3, -0.25) is 19.4 Å². The van der Waals surface area contributed by atoms with Crippen LogP contribution in [0.4, 0.5) is 4.39 Å². The number of allylic oxidation sites excluding steroid dienone is 2. The van der Waals surface area contributed by atoms with Crippen LogP contribution in [0.15, 0.2) is 42.0 Å². The lowest BCUT2D eigenvalue weighted by Crippen LogP contribution is -2.55. The summed E-state index contributed by atoms with van der Waals surface area (Å²) in [7, 11) is 0. The van der Waals surface area contributed by atoms with Crippen LogP contribution in [0.3, 0.4) is 0 Å². The van der Waals surface area contributed by atoms with Gasteiger partial charge >= 0.3 is 0 Å². The Morgan fingerprint density at radius 2 is 1.57 bits per heavy atom. The third-order valence-corrected chi connectivity index (χ3v) is 3.91. The number of benzene rings is 1. The molecule has 0 spiro atoms. The Labute approximate surface area is 139 Å².